The molecule has 0 saturated heterocycles. The molecule has 0 fully saturated rings. The third-order valence-electron chi connectivity index (χ3n) is 3.53. The van der Waals surface area contributed by atoms with Crippen LogP contribution in [-0.2, 0) is 0 Å². The first kappa shape index (κ1) is 20.0. The van der Waals surface area contributed by atoms with E-state index in [4.69, 9.17) is 4.74 Å². The molecule has 0 amide bonds. The van der Waals surface area contributed by atoms with Gasteiger partial charge in [-0.05, 0) is 77.3 Å². The number of hydrogen-bond acceptors (Lipinski definition) is 2. The third-order valence-corrected chi connectivity index (χ3v) is 4.83. The van der Waals surface area contributed by atoms with Gasteiger partial charge in [-0.3, -0.25) is 4.79 Å². The molecule has 2 aromatic rings. The Labute approximate surface area is 153 Å². The molecule has 0 aliphatic carbocycles. The van der Waals surface area contributed by atoms with Crippen molar-refractivity contribution in [3.63, 3.8) is 0 Å². The van der Waals surface area contributed by atoms with Crippen molar-refractivity contribution in [1.29, 1.82) is 0 Å². The molecular weight excluding hydrogens is 298 g/mol. The zero-order valence-electron chi connectivity index (χ0n) is 13.9. The number of aryl methyl sites for hydroxylation is 3. The van der Waals surface area contributed by atoms with Gasteiger partial charge in [0.1, 0.15) is 5.75 Å². The Morgan fingerprint density at radius 1 is 1.00 bits per heavy atom. The van der Waals surface area contributed by atoms with Crippen molar-refractivity contribution in [3.8, 4) is 5.75 Å². The van der Waals surface area contributed by atoms with Crippen molar-refractivity contribution in [2.45, 2.75) is 40.7 Å². The molecule has 0 N–H and O–H groups in total. The molecule has 2 nitrogen and oxygen atoms in total. The quantitative estimate of drug-likeness (QED) is 0.616. The van der Waals surface area contributed by atoms with E-state index < -0.39 is 0 Å². The molecule has 2 aromatic carbocycles. The van der Waals surface area contributed by atoms with Crippen LogP contribution in [0.15, 0.2) is 36.4 Å². The molecule has 0 radical (unpaired) electrons. The maximum atomic E-state index is 12.7. The molecule has 4 heteroatoms. The molecule has 0 bridgehead atoms. The van der Waals surface area contributed by atoms with E-state index >= 15 is 0 Å². The summed E-state index contributed by atoms with van der Waals surface area (Å²) >= 11 is 0. The van der Waals surface area contributed by atoms with Crippen LogP contribution in [-0.4, -0.2) is 30.5 Å². The van der Waals surface area contributed by atoms with Crippen molar-refractivity contribution in [2.75, 3.05) is 0 Å². The van der Waals surface area contributed by atoms with Crippen LogP contribution in [0.3, 0.4) is 0 Å². The molecule has 2 rings (SSSR count). The Kier molecular flexibility index (Phi) is 7.55. The van der Waals surface area contributed by atoms with E-state index in [1.807, 2.05) is 71.0 Å². The fourth-order valence-corrected chi connectivity index (χ4v) is 3.68. The van der Waals surface area contributed by atoms with Gasteiger partial charge in [0.25, 0.3) is 0 Å². The summed E-state index contributed by atoms with van der Waals surface area (Å²) in [5.41, 5.74) is 4.28. The Morgan fingerprint density at radius 3 is 2.13 bits per heavy atom. The van der Waals surface area contributed by atoms with Gasteiger partial charge < -0.3 is 4.74 Å². The van der Waals surface area contributed by atoms with E-state index in [1.165, 1.54) is 0 Å². The summed E-state index contributed by atoms with van der Waals surface area (Å²) in [5.74, 6) is 0.862. The second kappa shape index (κ2) is 8.70. The zero-order valence-corrected chi connectivity index (χ0v) is 14.9. The van der Waals surface area contributed by atoms with Crippen LogP contribution >= 0.6 is 8.58 Å². The average molecular weight is 322 g/mol. The van der Waals surface area contributed by atoms with E-state index in [1.54, 1.807) is 0 Å². The predicted octanol–water partition coefficient (Wildman–Crippen LogP) is 3.89. The van der Waals surface area contributed by atoms with Crippen molar-refractivity contribution >= 4 is 38.3 Å². The third kappa shape index (κ3) is 5.22. The number of rotatable bonds is 5. The van der Waals surface area contributed by atoms with Crippen LogP contribution in [0.2, 0.25) is 0 Å². The number of hydrogen-bond donors (Lipinski definition) is 0. The van der Waals surface area contributed by atoms with Gasteiger partial charge >= 0.3 is 18.9 Å². The number of carbonyl (C=O) groups excluding carboxylic acids is 1. The van der Waals surface area contributed by atoms with Crippen molar-refractivity contribution in [2.24, 2.45) is 0 Å². The van der Waals surface area contributed by atoms with E-state index in [0.717, 1.165) is 33.3 Å². The molecular formula is C19H24LiO2P. The Bertz CT molecular complexity index is 676. The molecule has 118 valence electrons. The average Bonchev–Trinajstić information content (AvgIpc) is 2.41. The Balaban J connectivity index is 0.00000264. The second-order valence-electron chi connectivity index (χ2n) is 5.86. The predicted molar refractivity (Wildman–Crippen MR) is 102 cm³/mol. The summed E-state index contributed by atoms with van der Waals surface area (Å²) in [5, 5.41) is 1.09. The SMILES string of the molecule is Cc1cc(OC(C)C)ccc1PC(=O)c1c(C)cccc1C.[LiH]. The van der Waals surface area contributed by atoms with E-state index in [9.17, 15) is 4.79 Å². The molecule has 0 aromatic heterocycles. The van der Waals surface area contributed by atoms with Crippen molar-refractivity contribution in [1.82, 2.24) is 0 Å². The molecule has 0 spiro atoms. The van der Waals surface area contributed by atoms with Gasteiger partial charge in [0, 0.05) is 5.56 Å². The molecule has 1 unspecified atom stereocenters. The van der Waals surface area contributed by atoms with Gasteiger partial charge in [0.15, 0.2) is 5.52 Å². The zero-order chi connectivity index (χ0) is 16.3. The van der Waals surface area contributed by atoms with Gasteiger partial charge in [-0.15, -0.1) is 0 Å². The van der Waals surface area contributed by atoms with Gasteiger partial charge in [0.05, 0.1) is 6.10 Å². The monoisotopic (exact) mass is 322 g/mol. The molecule has 23 heavy (non-hydrogen) atoms. The van der Waals surface area contributed by atoms with E-state index in [0.29, 0.717) is 0 Å². The summed E-state index contributed by atoms with van der Waals surface area (Å²) in [4.78, 5) is 12.7. The van der Waals surface area contributed by atoms with Crippen LogP contribution in [0.5, 0.6) is 5.75 Å². The minimum absolute atomic E-state index is 0. The first-order valence-electron chi connectivity index (χ1n) is 7.53. The molecule has 0 aliphatic rings. The summed E-state index contributed by atoms with van der Waals surface area (Å²) in [6, 6.07) is 12.0. The fourth-order valence-electron chi connectivity index (χ4n) is 2.48. The van der Waals surface area contributed by atoms with Crippen molar-refractivity contribution < 1.29 is 9.53 Å². The number of carbonyl (C=O) groups is 1. The standard InChI is InChI=1S/C19H23O2P.Li.H/c1-12(2)21-16-9-10-17(15(5)11-16)22-19(20)18-13(3)7-6-8-14(18)4;;/h6-12,22H,1-5H3;;. The first-order valence-corrected chi connectivity index (χ1v) is 8.53. The molecule has 1 atom stereocenters. The van der Waals surface area contributed by atoms with Crippen molar-refractivity contribution in [3.05, 3.63) is 58.7 Å². The normalized spacial score (nSPS) is 10.9. The minimum atomic E-state index is 0. The van der Waals surface area contributed by atoms with E-state index in [2.05, 4.69) is 0 Å². The molecule has 0 aliphatic heterocycles. The molecule has 0 heterocycles. The van der Waals surface area contributed by atoms with Gasteiger partial charge in [-0.25, -0.2) is 0 Å². The maximum absolute atomic E-state index is 12.7. The van der Waals surface area contributed by atoms with Crippen LogP contribution in [0.1, 0.15) is 40.9 Å². The number of ether oxygens (including phenoxy) is 1. The van der Waals surface area contributed by atoms with Gasteiger partial charge in [0.2, 0.25) is 0 Å². The van der Waals surface area contributed by atoms with E-state index in [-0.39, 0.29) is 39.1 Å². The fraction of sp³-hybridized carbons (Fsp3) is 0.316. The van der Waals surface area contributed by atoms with Gasteiger partial charge in [-0.1, -0.05) is 24.3 Å². The number of benzene rings is 2. The van der Waals surface area contributed by atoms with Crippen LogP contribution in [0.4, 0.5) is 0 Å². The Morgan fingerprint density at radius 2 is 1.61 bits per heavy atom. The van der Waals surface area contributed by atoms with Crippen LogP contribution in [0, 0.1) is 20.8 Å². The topological polar surface area (TPSA) is 26.3 Å². The van der Waals surface area contributed by atoms with Gasteiger partial charge in [-0.2, -0.15) is 0 Å². The second-order valence-corrected chi connectivity index (χ2v) is 7.11. The molecule has 0 saturated carbocycles. The van der Waals surface area contributed by atoms with Crippen LogP contribution < -0.4 is 10.0 Å². The summed E-state index contributed by atoms with van der Waals surface area (Å²) in [6.07, 6.45) is 0.156. The summed E-state index contributed by atoms with van der Waals surface area (Å²) in [6.45, 7) is 10.0. The van der Waals surface area contributed by atoms with Crippen LogP contribution in [0.25, 0.3) is 0 Å². The first-order chi connectivity index (χ1) is 10.4. The summed E-state index contributed by atoms with van der Waals surface area (Å²) in [7, 11) is 0.145. The Hall–Kier alpha value is -1.06. The summed E-state index contributed by atoms with van der Waals surface area (Å²) < 4.78 is 5.70.